The van der Waals surface area contributed by atoms with E-state index in [-0.39, 0.29) is 0 Å². The molecular formula is C22H20. The zero-order chi connectivity index (χ0) is 15.5. The van der Waals surface area contributed by atoms with E-state index in [1.165, 1.54) is 33.0 Å². The Morgan fingerprint density at radius 3 is 2.23 bits per heavy atom. The highest BCUT2D eigenvalue weighted by molar-refractivity contribution is 6.10. The Labute approximate surface area is 132 Å². The minimum Gasteiger partial charge on any atom is -0.0905 e. The summed E-state index contributed by atoms with van der Waals surface area (Å²) in [5.41, 5.74) is 6.01. The summed E-state index contributed by atoms with van der Waals surface area (Å²) < 4.78 is 0. The number of rotatable bonds is 3. The lowest BCUT2D eigenvalue weighted by Gasteiger charge is -2.15. The molecule has 108 valence electrons. The second kappa shape index (κ2) is 6.03. The maximum atomic E-state index is 4.40. The molecular weight excluding hydrogens is 264 g/mol. The minimum absolute atomic E-state index is 1.08. The van der Waals surface area contributed by atoms with Crippen molar-refractivity contribution >= 4 is 21.9 Å². The molecule has 0 bridgehead atoms. The van der Waals surface area contributed by atoms with E-state index in [1.54, 1.807) is 0 Å². The average molecular weight is 284 g/mol. The number of hydrogen-bond acceptors (Lipinski definition) is 0. The first-order valence-corrected chi connectivity index (χ1v) is 7.62. The second-order valence-electron chi connectivity index (χ2n) is 5.52. The third-order valence-corrected chi connectivity index (χ3v) is 4.16. The van der Waals surface area contributed by atoms with Gasteiger partial charge in [-0.1, -0.05) is 79.4 Å². The van der Waals surface area contributed by atoms with Gasteiger partial charge in [0.05, 0.1) is 0 Å². The molecule has 0 spiro atoms. The van der Waals surface area contributed by atoms with Crippen LogP contribution in [0, 0.1) is 6.92 Å². The van der Waals surface area contributed by atoms with Gasteiger partial charge in [-0.25, -0.2) is 0 Å². The van der Waals surface area contributed by atoms with Crippen molar-refractivity contribution in [3.05, 3.63) is 96.1 Å². The molecule has 3 aromatic rings. The quantitative estimate of drug-likeness (QED) is 0.497. The monoisotopic (exact) mass is 284 g/mol. The van der Waals surface area contributed by atoms with Crippen LogP contribution >= 0.6 is 0 Å². The van der Waals surface area contributed by atoms with Gasteiger partial charge in [0.15, 0.2) is 0 Å². The lowest BCUT2D eigenvalue weighted by molar-refractivity contribution is 1.42. The van der Waals surface area contributed by atoms with Crippen LogP contribution in [0.3, 0.4) is 0 Å². The number of fused-ring (bicyclic) bond motifs is 1. The van der Waals surface area contributed by atoms with Crippen LogP contribution in [-0.4, -0.2) is 0 Å². The van der Waals surface area contributed by atoms with Crippen molar-refractivity contribution in [2.24, 2.45) is 0 Å². The van der Waals surface area contributed by atoms with E-state index in [1.807, 2.05) is 0 Å². The molecule has 0 saturated heterocycles. The van der Waals surface area contributed by atoms with Crippen molar-refractivity contribution in [2.45, 2.75) is 13.8 Å². The van der Waals surface area contributed by atoms with Crippen molar-refractivity contribution < 1.29 is 0 Å². The predicted molar refractivity (Wildman–Crippen MR) is 97.8 cm³/mol. The van der Waals surface area contributed by atoms with Gasteiger partial charge in [0.2, 0.25) is 0 Å². The van der Waals surface area contributed by atoms with Gasteiger partial charge in [-0.05, 0) is 52.5 Å². The summed E-state index contributed by atoms with van der Waals surface area (Å²) in [4.78, 5) is 0. The normalized spacial score (nSPS) is 11.6. The van der Waals surface area contributed by atoms with E-state index in [9.17, 15) is 0 Å². The lowest BCUT2D eigenvalue weighted by atomic mass is 9.88. The first-order valence-electron chi connectivity index (χ1n) is 7.62. The maximum absolute atomic E-state index is 4.40. The van der Waals surface area contributed by atoms with Crippen LogP contribution in [0.5, 0.6) is 0 Å². The van der Waals surface area contributed by atoms with Gasteiger partial charge in [-0.15, -0.1) is 0 Å². The third-order valence-electron chi connectivity index (χ3n) is 4.16. The molecule has 3 aromatic carbocycles. The summed E-state index contributed by atoms with van der Waals surface area (Å²) >= 11 is 0. The van der Waals surface area contributed by atoms with Crippen LogP contribution < -0.4 is 0 Å². The molecule has 0 atom stereocenters. The first kappa shape index (κ1) is 14.3. The standard InChI is InChI=1S/C22H20/c1-4-19(20-13-7-5-10-16(20)2)17(3)21-15-9-12-18-11-6-8-14-22(18)21/h4-15H,3H2,1-2H3/b19-4-. The molecule has 0 aromatic heterocycles. The molecule has 0 nitrogen and oxygen atoms in total. The Hall–Kier alpha value is -2.60. The van der Waals surface area contributed by atoms with E-state index < -0.39 is 0 Å². The summed E-state index contributed by atoms with van der Waals surface area (Å²) in [6.07, 6.45) is 2.16. The fourth-order valence-corrected chi connectivity index (χ4v) is 3.00. The number of aryl methyl sites for hydroxylation is 1. The van der Waals surface area contributed by atoms with Crippen LogP contribution in [0.1, 0.15) is 23.6 Å². The fourth-order valence-electron chi connectivity index (χ4n) is 3.00. The number of allylic oxidation sites excluding steroid dienone is 3. The Morgan fingerprint density at radius 1 is 0.818 bits per heavy atom. The molecule has 0 amide bonds. The predicted octanol–water partition coefficient (Wildman–Crippen LogP) is 6.26. The van der Waals surface area contributed by atoms with E-state index in [0.717, 1.165) is 5.57 Å². The topological polar surface area (TPSA) is 0 Å². The van der Waals surface area contributed by atoms with Crippen molar-refractivity contribution in [1.82, 2.24) is 0 Å². The first-order chi connectivity index (χ1) is 10.7. The van der Waals surface area contributed by atoms with Crippen molar-refractivity contribution in [3.8, 4) is 0 Å². The summed E-state index contributed by atoms with van der Waals surface area (Å²) in [5, 5.41) is 2.50. The Morgan fingerprint density at radius 2 is 1.45 bits per heavy atom. The fraction of sp³-hybridized carbons (Fsp3) is 0.0909. The van der Waals surface area contributed by atoms with E-state index >= 15 is 0 Å². The van der Waals surface area contributed by atoms with Crippen molar-refractivity contribution in [1.29, 1.82) is 0 Å². The smallest absolute Gasteiger partial charge is 0.0105 e. The zero-order valence-electron chi connectivity index (χ0n) is 13.1. The highest BCUT2D eigenvalue weighted by Crippen LogP contribution is 2.34. The van der Waals surface area contributed by atoms with E-state index in [0.29, 0.717) is 0 Å². The van der Waals surface area contributed by atoms with Gasteiger partial charge in [0, 0.05) is 0 Å². The van der Waals surface area contributed by atoms with Gasteiger partial charge < -0.3 is 0 Å². The molecule has 22 heavy (non-hydrogen) atoms. The number of benzene rings is 3. The maximum Gasteiger partial charge on any atom is -0.0105 e. The van der Waals surface area contributed by atoms with Crippen LogP contribution in [0.4, 0.5) is 0 Å². The molecule has 0 aliphatic rings. The molecule has 0 unspecified atom stereocenters. The molecule has 0 aliphatic heterocycles. The zero-order valence-corrected chi connectivity index (χ0v) is 13.1. The van der Waals surface area contributed by atoms with Gasteiger partial charge in [-0.2, -0.15) is 0 Å². The highest BCUT2D eigenvalue weighted by atomic mass is 14.2. The molecule has 0 N–H and O–H groups in total. The molecule has 0 aliphatic carbocycles. The van der Waals surface area contributed by atoms with Crippen molar-refractivity contribution in [2.75, 3.05) is 0 Å². The number of hydrogen-bond donors (Lipinski definition) is 0. The molecule has 0 saturated carbocycles. The van der Waals surface area contributed by atoms with Gasteiger partial charge in [-0.3, -0.25) is 0 Å². The molecule has 0 heteroatoms. The Bertz CT molecular complexity index is 861. The Balaban J connectivity index is 2.15. The van der Waals surface area contributed by atoms with Gasteiger partial charge in [0.25, 0.3) is 0 Å². The summed E-state index contributed by atoms with van der Waals surface area (Å²) in [6.45, 7) is 8.62. The summed E-state index contributed by atoms with van der Waals surface area (Å²) in [7, 11) is 0. The highest BCUT2D eigenvalue weighted by Gasteiger charge is 2.11. The SMILES string of the molecule is C=C(/C(=C/C)c1ccccc1C)c1cccc2ccccc12. The van der Waals surface area contributed by atoms with Crippen molar-refractivity contribution in [3.63, 3.8) is 0 Å². The summed E-state index contributed by atoms with van der Waals surface area (Å²) in [5.74, 6) is 0. The molecule has 0 heterocycles. The third kappa shape index (κ3) is 2.48. The average Bonchev–Trinajstić information content (AvgIpc) is 2.56. The van der Waals surface area contributed by atoms with Gasteiger partial charge in [0.1, 0.15) is 0 Å². The van der Waals surface area contributed by atoms with E-state index in [2.05, 4.69) is 93.2 Å². The van der Waals surface area contributed by atoms with E-state index in [4.69, 9.17) is 0 Å². The molecule has 0 fully saturated rings. The lowest BCUT2D eigenvalue weighted by Crippen LogP contribution is -1.93. The molecule has 3 rings (SSSR count). The van der Waals surface area contributed by atoms with Crippen LogP contribution in [0.2, 0.25) is 0 Å². The van der Waals surface area contributed by atoms with Crippen LogP contribution in [0.25, 0.3) is 21.9 Å². The van der Waals surface area contributed by atoms with Crippen LogP contribution in [0.15, 0.2) is 79.4 Å². The van der Waals surface area contributed by atoms with Crippen LogP contribution in [-0.2, 0) is 0 Å². The largest absolute Gasteiger partial charge is 0.0905 e. The molecule has 0 radical (unpaired) electrons. The Kier molecular flexibility index (Phi) is 3.93. The minimum atomic E-state index is 1.08. The van der Waals surface area contributed by atoms with Gasteiger partial charge >= 0.3 is 0 Å². The summed E-state index contributed by atoms with van der Waals surface area (Å²) in [6, 6.07) is 23.4. The second-order valence-corrected chi connectivity index (χ2v) is 5.52.